The molecule has 0 saturated carbocycles. The van der Waals surface area contributed by atoms with Crippen LogP contribution in [0, 0.1) is 0 Å². The highest BCUT2D eigenvalue weighted by molar-refractivity contribution is 7.98. The average Bonchev–Trinajstić information content (AvgIpc) is 2.70. The van der Waals surface area contributed by atoms with E-state index in [1.54, 1.807) is 51.7 Å². The van der Waals surface area contributed by atoms with Crippen LogP contribution in [0.25, 0.3) is 6.08 Å². The molecule has 0 aliphatic heterocycles. The van der Waals surface area contributed by atoms with E-state index >= 15 is 0 Å². The summed E-state index contributed by atoms with van der Waals surface area (Å²) in [5.74, 6) is 2.23. The van der Waals surface area contributed by atoms with Crippen LogP contribution in [0.15, 0.2) is 41.3 Å². The van der Waals surface area contributed by atoms with Crippen molar-refractivity contribution in [2.75, 3.05) is 34.7 Å². The molecule has 0 amide bonds. The Labute approximate surface area is 157 Å². The molecule has 0 heterocycles. The highest BCUT2D eigenvalue weighted by Crippen LogP contribution is 2.35. The third-order valence-electron chi connectivity index (χ3n) is 3.81. The van der Waals surface area contributed by atoms with Gasteiger partial charge in [-0.1, -0.05) is 12.1 Å². The van der Waals surface area contributed by atoms with E-state index in [1.807, 2.05) is 12.3 Å². The second-order valence-corrected chi connectivity index (χ2v) is 6.07. The second kappa shape index (κ2) is 9.20. The number of rotatable bonds is 8. The molecule has 0 aliphatic carbocycles. The van der Waals surface area contributed by atoms with Gasteiger partial charge in [0.1, 0.15) is 11.5 Å². The first-order valence-electron chi connectivity index (χ1n) is 7.82. The van der Waals surface area contributed by atoms with Crippen LogP contribution in [0.2, 0.25) is 0 Å². The Kier molecular flexibility index (Phi) is 6.97. The van der Waals surface area contributed by atoms with Crippen LogP contribution in [0.1, 0.15) is 15.9 Å². The molecule has 0 spiro atoms. The minimum atomic E-state index is -0.158. The number of ether oxygens (including phenoxy) is 4. The van der Waals surface area contributed by atoms with Crippen LogP contribution in [0.4, 0.5) is 0 Å². The van der Waals surface area contributed by atoms with E-state index < -0.39 is 0 Å². The fourth-order valence-electron chi connectivity index (χ4n) is 2.44. The summed E-state index contributed by atoms with van der Waals surface area (Å²) in [5.41, 5.74) is 1.31. The zero-order valence-corrected chi connectivity index (χ0v) is 16.3. The quantitative estimate of drug-likeness (QED) is 0.389. The minimum absolute atomic E-state index is 0.158. The maximum Gasteiger partial charge on any atom is 0.189 e. The lowest BCUT2D eigenvalue weighted by Crippen LogP contribution is -2.01. The Morgan fingerprint density at radius 2 is 1.50 bits per heavy atom. The molecule has 0 radical (unpaired) electrons. The molecule has 6 heteroatoms. The molecule has 0 fully saturated rings. The van der Waals surface area contributed by atoms with Crippen molar-refractivity contribution < 1.29 is 23.7 Å². The van der Waals surface area contributed by atoms with Crippen LogP contribution in [0.5, 0.6) is 23.0 Å². The molecule has 0 N–H and O–H groups in total. The van der Waals surface area contributed by atoms with Gasteiger partial charge in [-0.3, -0.25) is 4.79 Å². The Bertz CT molecular complexity index is 814. The minimum Gasteiger partial charge on any atom is -0.496 e. The molecule has 138 valence electrons. The zero-order chi connectivity index (χ0) is 19.1. The predicted octanol–water partition coefficient (Wildman–Crippen LogP) is 4.34. The number of benzene rings is 2. The van der Waals surface area contributed by atoms with E-state index in [9.17, 15) is 4.79 Å². The molecule has 0 unspecified atom stereocenters. The molecule has 26 heavy (non-hydrogen) atoms. The molecule has 2 aromatic rings. The number of hydrogen-bond acceptors (Lipinski definition) is 6. The Morgan fingerprint density at radius 1 is 0.846 bits per heavy atom. The first-order chi connectivity index (χ1) is 12.6. The molecule has 5 nitrogen and oxygen atoms in total. The van der Waals surface area contributed by atoms with Gasteiger partial charge in [0.15, 0.2) is 17.3 Å². The maximum atomic E-state index is 12.7. The smallest absolute Gasteiger partial charge is 0.189 e. The van der Waals surface area contributed by atoms with Gasteiger partial charge in [0.2, 0.25) is 0 Å². The van der Waals surface area contributed by atoms with E-state index in [0.29, 0.717) is 28.6 Å². The highest BCUT2D eigenvalue weighted by Gasteiger charge is 2.15. The average molecular weight is 374 g/mol. The lowest BCUT2D eigenvalue weighted by molar-refractivity contribution is 0.104. The van der Waals surface area contributed by atoms with Gasteiger partial charge in [-0.2, -0.15) is 0 Å². The van der Waals surface area contributed by atoms with Gasteiger partial charge < -0.3 is 18.9 Å². The summed E-state index contributed by atoms with van der Waals surface area (Å²) in [6.07, 6.45) is 5.17. The first-order valence-corrected chi connectivity index (χ1v) is 9.04. The van der Waals surface area contributed by atoms with E-state index in [4.69, 9.17) is 18.9 Å². The second-order valence-electron chi connectivity index (χ2n) is 5.22. The van der Waals surface area contributed by atoms with E-state index in [-0.39, 0.29) is 5.78 Å². The Balaban J connectivity index is 2.33. The van der Waals surface area contributed by atoms with Crippen molar-refractivity contribution in [3.05, 3.63) is 47.5 Å². The number of carbonyl (C=O) groups excluding carboxylic acids is 1. The highest BCUT2D eigenvalue weighted by atomic mass is 32.2. The molecule has 0 saturated heterocycles. The molecule has 0 aliphatic rings. The fourth-order valence-corrected chi connectivity index (χ4v) is 3.02. The molecule has 0 aromatic heterocycles. The maximum absolute atomic E-state index is 12.7. The van der Waals surface area contributed by atoms with Crippen molar-refractivity contribution in [3.63, 3.8) is 0 Å². The number of methoxy groups -OCH3 is 4. The lowest BCUT2D eigenvalue weighted by Gasteiger charge is -2.12. The van der Waals surface area contributed by atoms with Crippen LogP contribution in [0.3, 0.4) is 0 Å². The van der Waals surface area contributed by atoms with Crippen LogP contribution < -0.4 is 18.9 Å². The Morgan fingerprint density at radius 3 is 2.08 bits per heavy atom. The largest absolute Gasteiger partial charge is 0.496 e. The van der Waals surface area contributed by atoms with E-state index in [0.717, 1.165) is 10.5 Å². The van der Waals surface area contributed by atoms with Gasteiger partial charge in [-0.15, -0.1) is 11.8 Å². The lowest BCUT2D eigenvalue weighted by atomic mass is 10.1. The molecule has 0 bridgehead atoms. The van der Waals surface area contributed by atoms with Crippen LogP contribution in [-0.2, 0) is 0 Å². The van der Waals surface area contributed by atoms with Gasteiger partial charge in [0, 0.05) is 6.07 Å². The first kappa shape index (κ1) is 19.7. The third kappa shape index (κ3) is 4.32. The topological polar surface area (TPSA) is 54.0 Å². The molecule has 0 atom stereocenters. The summed E-state index contributed by atoms with van der Waals surface area (Å²) in [7, 11) is 6.27. The van der Waals surface area contributed by atoms with Gasteiger partial charge in [-0.05, 0) is 36.1 Å². The summed E-state index contributed by atoms with van der Waals surface area (Å²) in [6.45, 7) is 0. The Hall–Kier alpha value is -2.60. The van der Waals surface area contributed by atoms with E-state index in [1.165, 1.54) is 24.9 Å². The number of thioether (sulfide) groups is 1. The standard InChI is InChI=1S/C20H22O5S/c1-22-16-9-7-13(10-18(16)24-3)6-8-15(21)14-11-20(26-5)19(25-4)12-17(14)23-2/h6-12H,1-5H3. The number of allylic oxidation sites excluding steroid dienone is 1. The summed E-state index contributed by atoms with van der Waals surface area (Å²) in [4.78, 5) is 13.5. The molecule has 2 aromatic carbocycles. The summed E-state index contributed by atoms with van der Waals surface area (Å²) < 4.78 is 21.2. The van der Waals surface area contributed by atoms with Crippen molar-refractivity contribution in [1.29, 1.82) is 0 Å². The van der Waals surface area contributed by atoms with Crippen molar-refractivity contribution in [2.24, 2.45) is 0 Å². The van der Waals surface area contributed by atoms with Crippen LogP contribution in [-0.4, -0.2) is 40.5 Å². The third-order valence-corrected chi connectivity index (χ3v) is 4.56. The summed E-state index contributed by atoms with van der Waals surface area (Å²) >= 11 is 1.51. The SMILES string of the molecule is COc1ccc(C=CC(=O)c2cc(SC)c(OC)cc2OC)cc1OC. The van der Waals surface area contributed by atoms with Crippen molar-refractivity contribution in [1.82, 2.24) is 0 Å². The summed E-state index contributed by atoms with van der Waals surface area (Å²) in [5, 5.41) is 0. The fraction of sp³-hybridized carbons (Fsp3) is 0.250. The monoisotopic (exact) mass is 374 g/mol. The van der Waals surface area contributed by atoms with Gasteiger partial charge >= 0.3 is 0 Å². The number of ketones is 1. The normalized spacial score (nSPS) is 10.7. The molecular formula is C20H22O5S. The number of hydrogen-bond donors (Lipinski definition) is 0. The molecule has 2 rings (SSSR count). The zero-order valence-electron chi connectivity index (χ0n) is 15.5. The van der Waals surface area contributed by atoms with Crippen molar-refractivity contribution in [3.8, 4) is 23.0 Å². The predicted molar refractivity (Wildman–Crippen MR) is 104 cm³/mol. The summed E-state index contributed by atoms with van der Waals surface area (Å²) in [6, 6.07) is 8.96. The van der Waals surface area contributed by atoms with Gasteiger partial charge in [-0.25, -0.2) is 0 Å². The molecular weight excluding hydrogens is 352 g/mol. The van der Waals surface area contributed by atoms with Gasteiger partial charge in [0.25, 0.3) is 0 Å². The van der Waals surface area contributed by atoms with Crippen LogP contribution >= 0.6 is 11.8 Å². The van der Waals surface area contributed by atoms with Gasteiger partial charge in [0.05, 0.1) is 38.9 Å². The van der Waals surface area contributed by atoms with Crippen molar-refractivity contribution in [2.45, 2.75) is 4.90 Å². The van der Waals surface area contributed by atoms with E-state index in [2.05, 4.69) is 0 Å². The van der Waals surface area contributed by atoms with Crippen molar-refractivity contribution >= 4 is 23.6 Å². The number of carbonyl (C=O) groups is 1.